The minimum atomic E-state index is -0.700. The summed E-state index contributed by atoms with van der Waals surface area (Å²) in [4.78, 5) is 2.47. The molecular formula is C30H32FNO4. The Labute approximate surface area is 211 Å². The zero-order valence-corrected chi connectivity index (χ0v) is 20.9. The molecule has 1 fully saturated rings. The zero-order valence-electron chi connectivity index (χ0n) is 20.9. The number of nitrogens with zero attached hydrogens (tertiary/aromatic N) is 1. The summed E-state index contributed by atoms with van der Waals surface area (Å²) in [7, 11) is 0. The van der Waals surface area contributed by atoms with Crippen molar-refractivity contribution in [1.82, 2.24) is 4.90 Å². The van der Waals surface area contributed by atoms with E-state index in [1.54, 1.807) is 30.3 Å². The number of phenols is 2. The number of phenolic OH excluding ortho intramolecular Hbond substituents is 2. The van der Waals surface area contributed by atoms with Gasteiger partial charge in [-0.2, -0.15) is 0 Å². The van der Waals surface area contributed by atoms with Crippen molar-refractivity contribution in [2.45, 2.75) is 39.3 Å². The van der Waals surface area contributed by atoms with Crippen molar-refractivity contribution in [3.8, 4) is 23.0 Å². The van der Waals surface area contributed by atoms with Crippen LogP contribution in [0, 0.1) is 11.7 Å². The molecule has 188 valence electrons. The van der Waals surface area contributed by atoms with E-state index >= 15 is 4.39 Å². The lowest BCUT2D eigenvalue weighted by Gasteiger charge is -2.31. The van der Waals surface area contributed by atoms with Gasteiger partial charge in [-0.3, -0.25) is 4.90 Å². The number of benzene rings is 3. The second-order valence-corrected chi connectivity index (χ2v) is 9.97. The monoisotopic (exact) mass is 489 g/mol. The first kappa shape index (κ1) is 24.2. The molecule has 6 heteroatoms. The maximum absolute atomic E-state index is 15.1. The number of fused-ring (bicyclic) bond motifs is 1. The van der Waals surface area contributed by atoms with E-state index in [2.05, 4.69) is 18.7 Å². The topological polar surface area (TPSA) is 62.2 Å². The van der Waals surface area contributed by atoms with Crippen molar-refractivity contribution < 1.29 is 24.1 Å². The van der Waals surface area contributed by atoms with Crippen LogP contribution < -0.4 is 9.47 Å². The molecule has 0 spiro atoms. The van der Waals surface area contributed by atoms with Gasteiger partial charge in [0.05, 0.1) is 0 Å². The van der Waals surface area contributed by atoms with Gasteiger partial charge in [0.25, 0.3) is 0 Å². The summed E-state index contributed by atoms with van der Waals surface area (Å²) in [5.41, 5.74) is 3.16. The highest BCUT2D eigenvalue weighted by Gasteiger charge is 2.31. The van der Waals surface area contributed by atoms with Crippen LogP contribution in [0.5, 0.6) is 23.0 Å². The highest BCUT2D eigenvalue weighted by atomic mass is 19.1. The Bertz CT molecular complexity index is 1290. The van der Waals surface area contributed by atoms with Crippen LogP contribution in [0.4, 0.5) is 4.39 Å². The molecule has 0 aliphatic carbocycles. The lowest BCUT2D eigenvalue weighted by molar-refractivity contribution is 0.169. The zero-order chi connectivity index (χ0) is 25.4. The Morgan fingerprint density at radius 2 is 1.86 bits per heavy atom. The average Bonchev–Trinajstić information content (AvgIpc) is 3.31. The number of hydrogen-bond acceptors (Lipinski definition) is 5. The lowest BCUT2D eigenvalue weighted by Crippen LogP contribution is -2.35. The SMILES string of the molecule is CC1=C(c2cccc(O)c2F)C(c2ccc(OC[C@H](C)N3CC[C@@H](C)C3)cc2)Oc2ccc(O)cc21. The molecule has 0 bridgehead atoms. The molecule has 0 amide bonds. The Morgan fingerprint density at radius 3 is 2.58 bits per heavy atom. The largest absolute Gasteiger partial charge is 0.508 e. The van der Waals surface area contributed by atoms with Crippen molar-refractivity contribution in [3.05, 3.63) is 83.2 Å². The third kappa shape index (κ3) is 4.65. The molecule has 3 atom stereocenters. The van der Waals surface area contributed by atoms with E-state index < -0.39 is 17.7 Å². The molecule has 2 aliphatic rings. The van der Waals surface area contributed by atoms with Crippen LogP contribution in [0.2, 0.25) is 0 Å². The normalized spacial score (nSPS) is 20.7. The van der Waals surface area contributed by atoms with Gasteiger partial charge in [-0.15, -0.1) is 0 Å². The van der Waals surface area contributed by atoms with E-state index in [1.165, 1.54) is 12.5 Å². The smallest absolute Gasteiger partial charge is 0.172 e. The summed E-state index contributed by atoms with van der Waals surface area (Å²) in [5, 5.41) is 20.1. The van der Waals surface area contributed by atoms with Gasteiger partial charge in [0, 0.05) is 29.3 Å². The minimum absolute atomic E-state index is 0.102. The number of rotatable bonds is 6. The number of allylic oxidation sites excluding steroid dienone is 1. The van der Waals surface area contributed by atoms with Gasteiger partial charge >= 0.3 is 0 Å². The van der Waals surface area contributed by atoms with Crippen molar-refractivity contribution in [2.24, 2.45) is 5.92 Å². The molecule has 5 rings (SSSR count). The fourth-order valence-electron chi connectivity index (χ4n) is 5.18. The third-order valence-electron chi connectivity index (χ3n) is 7.30. The molecule has 0 aromatic heterocycles. The van der Waals surface area contributed by atoms with Crippen LogP contribution >= 0.6 is 0 Å². The number of ether oxygens (including phenoxy) is 2. The lowest BCUT2D eigenvalue weighted by atomic mass is 9.85. The summed E-state index contributed by atoms with van der Waals surface area (Å²) in [5.74, 6) is 1.09. The van der Waals surface area contributed by atoms with E-state index in [-0.39, 0.29) is 11.3 Å². The Hall–Kier alpha value is -3.51. The quantitative estimate of drug-likeness (QED) is 0.419. The maximum Gasteiger partial charge on any atom is 0.172 e. The van der Waals surface area contributed by atoms with E-state index in [1.807, 2.05) is 31.2 Å². The standard InChI is InChI=1S/C30H32FNO4/c1-18-13-14-32(16-18)19(2)17-35-23-10-7-21(8-11-23)30-28(24-5-4-6-26(34)29(24)31)20(3)25-15-22(33)9-12-27(25)36-30/h4-12,15,18-19,30,33-34H,13-14,16-17H2,1-3H3/t18-,19+,30?/m1/s1. The molecule has 3 aromatic rings. The van der Waals surface area contributed by atoms with Crippen LogP contribution in [0.25, 0.3) is 11.1 Å². The average molecular weight is 490 g/mol. The van der Waals surface area contributed by atoms with Crippen LogP contribution in [0.1, 0.15) is 50.0 Å². The third-order valence-corrected chi connectivity index (χ3v) is 7.30. The summed E-state index contributed by atoms with van der Waals surface area (Å²) in [6.45, 7) is 9.20. The molecule has 1 unspecified atom stereocenters. The molecular weight excluding hydrogens is 457 g/mol. The van der Waals surface area contributed by atoms with E-state index in [4.69, 9.17) is 9.47 Å². The van der Waals surface area contributed by atoms with Gasteiger partial charge in [-0.1, -0.05) is 31.2 Å². The van der Waals surface area contributed by atoms with Crippen molar-refractivity contribution in [2.75, 3.05) is 19.7 Å². The second-order valence-electron chi connectivity index (χ2n) is 9.97. The molecule has 2 aliphatic heterocycles. The second kappa shape index (κ2) is 9.86. The first-order chi connectivity index (χ1) is 17.3. The van der Waals surface area contributed by atoms with Gasteiger partial charge in [0.15, 0.2) is 11.6 Å². The number of halogens is 1. The summed E-state index contributed by atoms with van der Waals surface area (Å²) in [6, 6.07) is 17.5. The predicted molar refractivity (Wildman–Crippen MR) is 139 cm³/mol. The van der Waals surface area contributed by atoms with Crippen molar-refractivity contribution in [3.63, 3.8) is 0 Å². The van der Waals surface area contributed by atoms with Crippen molar-refractivity contribution in [1.29, 1.82) is 0 Å². The van der Waals surface area contributed by atoms with Gasteiger partial charge in [-0.25, -0.2) is 4.39 Å². The molecule has 5 nitrogen and oxygen atoms in total. The fourth-order valence-corrected chi connectivity index (χ4v) is 5.18. The molecule has 2 heterocycles. The Balaban J connectivity index is 1.43. The van der Waals surface area contributed by atoms with Crippen LogP contribution in [-0.4, -0.2) is 40.9 Å². The van der Waals surface area contributed by atoms with E-state index in [0.29, 0.717) is 29.5 Å². The van der Waals surface area contributed by atoms with Crippen molar-refractivity contribution >= 4 is 11.1 Å². The molecule has 3 aromatic carbocycles. The Kier molecular flexibility index (Phi) is 6.63. The maximum atomic E-state index is 15.1. The molecule has 0 saturated carbocycles. The number of hydrogen-bond donors (Lipinski definition) is 2. The molecule has 2 N–H and O–H groups in total. The van der Waals surface area contributed by atoms with Gasteiger partial charge in [-0.05, 0) is 80.3 Å². The van der Waals surface area contributed by atoms with Crippen LogP contribution in [0.15, 0.2) is 60.7 Å². The first-order valence-corrected chi connectivity index (χ1v) is 12.5. The molecule has 36 heavy (non-hydrogen) atoms. The molecule has 0 radical (unpaired) electrons. The summed E-state index contributed by atoms with van der Waals surface area (Å²) in [6.07, 6.45) is 0.635. The van der Waals surface area contributed by atoms with E-state index in [9.17, 15) is 10.2 Å². The number of aromatic hydroxyl groups is 2. The van der Waals surface area contributed by atoms with Gasteiger partial charge in [0.2, 0.25) is 0 Å². The van der Waals surface area contributed by atoms with Crippen LogP contribution in [-0.2, 0) is 0 Å². The first-order valence-electron chi connectivity index (χ1n) is 12.5. The molecule has 1 saturated heterocycles. The predicted octanol–water partition coefficient (Wildman–Crippen LogP) is 6.41. The summed E-state index contributed by atoms with van der Waals surface area (Å²) < 4.78 is 27.5. The minimum Gasteiger partial charge on any atom is -0.508 e. The highest BCUT2D eigenvalue weighted by molar-refractivity contribution is 5.96. The van der Waals surface area contributed by atoms with Gasteiger partial charge < -0.3 is 19.7 Å². The van der Waals surface area contributed by atoms with Gasteiger partial charge in [0.1, 0.15) is 30.0 Å². The van der Waals surface area contributed by atoms with Crippen LogP contribution in [0.3, 0.4) is 0 Å². The fraction of sp³-hybridized carbons (Fsp3) is 0.333. The summed E-state index contributed by atoms with van der Waals surface area (Å²) >= 11 is 0. The number of likely N-dealkylation sites (tertiary alicyclic amines) is 1. The Morgan fingerprint density at radius 1 is 1.08 bits per heavy atom. The van der Waals surface area contributed by atoms with E-state index in [0.717, 1.165) is 35.9 Å². The highest BCUT2D eigenvalue weighted by Crippen LogP contribution is 2.48.